The second-order valence-electron chi connectivity index (χ2n) is 8.40. The second-order valence-corrected chi connectivity index (χ2v) is 8.83. The first-order chi connectivity index (χ1) is 16.4. The molecule has 0 aliphatic carbocycles. The lowest BCUT2D eigenvalue weighted by Crippen LogP contribution is -2.44. The van der Waals surface area contributed by atoms with E-state index >= 15 is 0 Å². The van der Waals surface area contributed by atoms with E-state index in [1.54, 1.807) is 48.5 Å². The zero-order valence-corrected chi connectivity index (χ0v) is 19.7. The van der Waals surface area contributed by atoms with Gasteiger partial charge in [-0.2, -0.15) is 0 Å². The van der Waals surface area contributed by atoms with Crippen molar-refractivity contribution >= 4 is 28.4 Å². The summed E-state index contributed by atoms with van der Waals surface area (Å²) in [5, 5.41) is 3.94. The number of carbonyl (C=O) groups excluding carboxylic acids is 1. The van der Waals surface area contributed by atoms with Crippen molar-refractivity contribution in [3.05, 3.63) is 116 Å². The summed E-state index contributed by atoms with van der Waals surface area (Å²) in [6.07, 6.45) is 1.62. The van der Waals surface area contributed by atoms with E-state index in [0.29, 0.717) is 15.9 Å². The van der Waals surface area contributed by atoms with Crippen molar-refractivity contribution in [2.45, 2.75) is 38.9 Å². The fourth-order valence-corrected chi connectivity index (χ4v) is 4.13. The Bertz CT molecular complexity index is 1410. The predicted octanol–water partition coefficient (Wildman–Crippen LogP) is 4.00. The number of rotatable bonds is 8. The standard InChI is InChI=1S/C27H26ClN3O3/c1-19(11-12-20-7-3-2-4-8-20)29-25(32)18-30-24-10-6-5-9-23(24)26(33)31(27(30)34)17-21-13-15-22(28)16-14-21/h2-10,13-16,19H,11-12,17-18H2,1H3,(H,29,32). The number of nitrogens with zero attached hydrogens (tertiary/aromatic N) is 2. The molecule has 0 radical (unpaired) electrons. The van der Waals surface area contributed by atoms with Crippen LogP contribution in [0.5, 0.6) is 0 Å². The van der Waals surface area contributed by atoms with E-state index in [-0.39, 0.29) is 30.6 Å². The Morgan fingerprint density at radius 3 is 2.29 bits per heavy atom. The van der Waals surface area contributed by atoms with Gasteiger partial charge in [-0.15, -0.1) is 0 Å². The molecule has 0 aliphatic rings. The second kappa shape index (κ2) is 10.5. The lowest BCUT2D eigenvalue weighted by Gasteiger charge is -2.17. The van der Waals surface area contributed by atoms with E-state index < -0.39 is 5.69 Å². The van der Waals surface area contributed by atoms with E-state index in [1.807, 2.05) is 25.1 Å². The Hall–Kier alpha value is -3.64. The summed E-state index contributed by atoms with van der Waals surface area (Å²) in [5.41, 5.74) is 1.51. The van der Waals surface area contributed by atoms with Crippen LogP contribution in [-0.2, 0) is 24.3 Å². The highest BCUT2D eigenvalue weighted by molar-refractivity contribution is 6.30. The SMILES string of the molecule is CC(CCc1ccccc1)NC(=O)Cn1c(=O)n(Cc2ccc(Cl)cc2)c(=O)c2ccccc21. The summed E-state index contributed by atoms with van der Waals surface area (Å²) in [7, 11) is 0. The summed E-state index contributed by atoms with van der Waals surface area (Å²) >= 11 is 5.96. The Morgan fingerprint density at radius 2 is 1.56 bits per heavy atom. The molecule has 1 N–H and O–H groups in total. The molecule has 1 atom stereocenters. The Balaban J connectivity index is 1.57. The fraction of sp³-hybridized carbons (Fsp3) is 0.222. The van der Waals surface area contributed by atoms with Crippen LogP contribution in [0.25, 0.3) is 10.9 Å². The maximum absolute atomic E-state index is 13.3. The zero-order chi connectivity index (χ0) is 24.1. The molecule has 4 rings (SSSR count). The quantitative estimate of drug-likeness (QED) is 0.418. The first-order valence-electron chi connectivity index (χ1n) is 11.2. The van der Waals surface area contributed by atoms with Gasteiger partial charge in [0.2, 0.25) is 5.91 Å². The van der Waals surface area contributed by atoms with Gasteiger partial charge >= 0.3 is 5.69 Å². The smallest absolute Gasteiger partial charge is 0.332 e. The van der Waals surface area contributed by atoms with Gasteiger partial charge in [0.1, 0.15) is 6.54 Å². The molecular formula is C27H26ClN3O3. The van der Waals surface area contributed by atoms with Crippen molar-refractivity contribution in [1.82, 2.24) is 14.5 Å². The fourth-order valence-electron chi connectivity index (χ4n) is 4.00. The van der Waals surface area contributed by atoms with E-state index in [4.69, 9.17) is 11.6 Å². The van der Waals surface area contributed by atoms with E-state index in [2.05, 4.69) is 17.4 Å². The van der Waals surface area contributed by atoms with Crippen molar-refractivity contribution in [2.24, 2.45) is 0 Å². The average Bonchev–Trinajstić information content (AvgIpc) is 2.85. The maximum atomic E-state index is 13.3. The monoisotopic (exact) mass is 475 g/mol. The van der Waals surface area contributed by atoms with Crippen LogP contribution < -0.4 is 16.6 Å². The molecule has 7 heteroatoms. The van der Waals surface area contributed by atoms with Gasteiger partial charge in [0.15, 0.2) is 0 Å². The van der Waals surface area contributed by atoms with Crippen LogP contribution in [0, 0.1) is 0 Å². The average molecular weight is 476 g/mol. The summed E-state index contributed by atoms with van der Waals surface area (Å²) in [5.74, 6) is -0.274. The number of para-hydroxylation sites is 1. The third-order valence-electron chi connectivity index (χ3n) is 5.80. The Kier molecular flexibility index (Phi) is 7.28. The number of nitrogens with one attached hydrogen (secondary N) is 1. The number of benzene rings is 3. The summed E-state index contributed by atoms with van der Waals surface area (Å²) < 4.78 is 2.53. The van der Waals surface area contributed by atoms with Gasteiger partial charge < -0.3 is 5.32 Å². The van der Waals surface area contributed by atoms with Crippen LogP contribution in [0.1, 0.15) is 24.5 Å². The van der Waals surface area contributed by atoms with Gasteiger partial charge in [0.05, 0.1) is 17.4 Å². The third kappa shape index (κ3) is 5.46. The minimum Gasteiger partial charge on any atom is -0.352 e. The molecule has 4 aromatic rings. The van der Waals surface area contributed by atoms with Crippen molar-refractivity contribution in [2.75, 3.05) is 0 Å². The van der Waals surface area contributed by atoms with Gasteiger partial charge in [0, 0.05) is 11.1 Å². The van der Waals surface area contributed by atoms with Gasteiger partial charge in [-0.25, -0.2) is 4.79 Å². The number of amides is 1. The molecule has 0 aliphatic heterocycles. The van der Waals surface area contributed by atoms with Crippen LogP contribution >= 0.6 is 11.6 Å². The molecule has 3 aromatic carbocycles. The van der Waals surface area contributed by atoms with Crippen LogP contribution in [0.4, 0.5) is 0 Å². The van der Waals surface area contributed by atoms with Crippen molar-refractivity contribution in [3.63, 3.8) is 0 Å². The molecule has 0 fully saturated rings. The van der Waals surface area contributed by atoms with Crippen molar-refractivity contribution in [1.29, 1.82) is 0 Å². The summed E-state index contributed by atoms with van der Waals surface area (Å²) in [6, 6.07) is 23.9. The lowest BCUT2D eigenvalue weighted by atomic mass is 10.1. The molecular weight excluding hydrogens is 450 g/mol. The van der Waals surface area contributed by atoms with E-state index in [9.17, 15) is 14.4 Å². The lowest BCUT2D eigenvalue weighted by molar-refractivity contribution is -0.122. The van der Waals surface area contributed by atoms with Crippen molar-refractivity contribution < 1.29 is 4.79 Å². The van der Waals surface area contributed by atoms with Crippen LogP contribution in [0.3, 0.4) is 0 Å². The molecule has 34 heavy (non-hydrogen) atoms. The van der Waals surface area contributed by atoms with Crippen LogP contribution in [0.2, 0.25) is 5.02 Å². The van der Waals surface area contributed by atoms with Gasteiger partial charge in [0.25, 0.3) is 5.56 Å². The van der Waals surface area contributed by atoms with E-state index in [1.165, 1.54) is 10.1 Å². The third-order valence-corrected chi connectivity index (χ3v) is 6.06. The van der Waals surface area contributed by atoms with E-state index in [0.717, 1.165) is 23.0 Å². The van der Waals surface area contributed by atoms with Crippen molar-refractivity contribution in [3.8, 4) is 0 Å². The molecule has 1 unspecified atom stereocenters. The number of aryl methyl sites for hydroxylation is 1. The highest BCUT2D eigenvalue weighted by Gasteiger charge is 2.16. The maximum Gasteiger partial charge on any atom is 0.332 e. The highest BCUT2D eigenvalue weighted by atomic mass is 35.5. The minimum absolute atomic E-state index is 0.0605. The largest absolute Gasteiger partial charge is 0.352 e. The molecule has 1 heterocycles. The molecule has 6 nitrogen and oxygen atoms in total. The molecule has 0 saturated carbocycles. The number of fused-ring (bicyclic) bond motifs is 1. The predicted molar refractivity (Wildman–Crippen MR) is 135 cm³/mol. The number of hydrogen-bond acceptors (Lipinski definition) is 3. The summed E-state index contributed by atoms with van der Waals surface area (Å²) in [4.78, 5) is 39.3. The molecule has 1 aromatic heterocycles. The molecule has 0 spiro atoms. The molecule has 174 valence electrons. The van der Waals surface area contributed by atoms with Gasteiger partial charge in [-0.1, -0.05) is 66.2 Å². The number of hydrogen-bond donors (Lipinski definition) is 1. The number of halogens is 1. The Labute approximate surface area is 202 Å². The highest BCUT2D eigenvalue weighted by Crippen LogP contribution is 2.12. The van der Waals surface area contributed by atoms with Crippen LogP contribution in [-0.4, -0.2) is 21.1 Å². The normalized spacial score (nSPS) is 11.9. The topological polar surface area (TPSA) is 73.1 Å². The zero-order valence-electron chi connectivity index (χ0n) is 18.9. The summed E-state index contributed by atoms with van der Waals surface area (Å²) in [6.45, 7) is 1.87. The molecule has 0 bridgehead atoms. The van der Waals surface area contributed by atoms with Gasteiger partial charge in [-0.3, -0.25) is 18.7 Å². The first-order valence-corrected chi connectivity index (χ1v) is 11.6. The Morgan fingerprint density at radius 1 is 0.882 bits per heavy atom. The van der Waals surface area contributed by atoms with Gasteiger partial charge in [-0.05, 0) is 55.2 Å². The molecule has 0 saturated heterocycles. The first kappa shape index (κ1) is 23.5. The molecule has 1 amide bonds. The minimum atomic E-state index is -0.522. The number of carbonyl (C=O) groups is 1. The number of aromatic nitrogens is 2. The van der Waals surface area contributed by atoms with Crippen LogP contribution in [0.15, 0.2) is 88.5 Å².